The van der Waals surface area contributed by atoms with Gasteiger partial charge in [0.1, 0.15) is 0 Å². The molecule has 92 valence electrons. The minimum atomic E-state index is -0.740. The predicted octanol–water partition coefficient (Wildman–Crippen LogP) is 2.37. The van der Waals surface area contributed by atoms with Gasteiger partial charge in [0.05, 0.1) is 5.54 Å². The van der Waals surface area contributed by atoms with Gasteiger partial charge in [0.15, 0.2) is 0 Å². The molecule has 0 aromatic heterocycles. The number of hydrogen-bond donors (Lipinski definition) is 2. The zero-order chi connectivity index (χ0) is 12.6. The molecule has 0 spiro atoms. The SMILES string of the molecule is Cc1ccc(C)c(NC(=O)C(C)(N)C2CC2)c1. The van der Waals surface area contributed by atoms with Crippen molar-refractivity contribution in [1.82, 2.24) is 0 Å². The van der Waals surface area contributed by atoms with E-state index in [1.807, 2.05) is 39.0 Å². The lowest BCUT2D eigenvalue weighted by atomic mass is 9.96. The Hall–Kier alpha value is -1.35. The van der Waals surface area contributed by atoms with Gasteiger partial charge < -0.3 is 11.1 Å². The Morgan fingerprint density at radius 3 is 2.65 bits per heavy atom. The molecule has 1 aromatic rings. The summed E-state index contributed by atoms with van der Waals surface area (Å²) in [5.41, 5.74) is 8.42. The number of benzene rings is 1. The van der Waals surface area contributed by atoms with Crippen LogP contribution in [0.5, 0.6) is 0 Å². The lowest BCUT2D eigenvalue weighted by molar-refractivity contribution is -0.121. The second-order valence-electron chi connectivity index (χ2n) is 5.33. The van der Waals surface area contributed by atoms with E-state index in [0.29, 0.717) is 5.92 Å². The molecule has 0 heterocycles. The number of aryl methyl sites for hydroxylation is 2. The van der Waals surface area contributed by atoms with Gasteiger partial charge >= 0.3 is 0 Å². The summed E-state index contributed by atoms with van der Waals surface area (Å²) in [4.78, 5) is 12.1. The van der Waals surface area contributed by atoms with Gasteiger partial charge in [-0.15, -0.1) is 0 Å². The number of amides is 1. The summed E-state index contributed by atoms with van der Waals surface area (Å²) in [5, 5.41) is 2.95. The molecule has 3 N–H and O–H groups in total. The zero-order valence-corrected chi connectivity index (χ0v) is 10.7. The summed E-state index contributed by atoms with van der Waals surface area (Å²) in [6, 6.07) is 6.03. The molecule has 1 atom stereocenters. The molecule has 1 saturated carbocycles. The summed E-state index contributed by atoms with van der Waals surface area (Å²) in [6.45, 7) is 5.82. The van der Waals surface area contributed by atoms with E-state index in [2.05, 4.69) is 5.32 Å². The molecular weight excluding hydrogens is 212 g/mol. The van der Waals surface area contributed by atoms with E-state index >= 15 is 0 Å². The van der Waals surface area contributed by atoms with E-state index < -0.39 is 5.54 Å². The zero-order valence-electron chi connectivity index (χ0n) is 10.7. The molecule has 1 aromatic carbocycles. The van der Waals surface area contributed by atoms with Crippen LogP contribution in [0.2, 0.25) is 0 Å². The van der Waals surface area contributed by atoms with Crippen LogP contribution in [0, 0.1) is 19.8 Å². The molecule has 3 heteroatoms. The quantitative estimate of drug-likeness (QED) is 0.840. The van der Waals surface area contributed by atoms with Crippen molar-refractivity contribution in [3.05, 3.63) is 29.3 Å². The third kappa shape index (κ3) is 2.50. The molecule has 1 amide bonds. The molecule has 1 unspecified atom stereocenters. The standard InChI is InChI=1S/C14H20N2O/c1-9-4-5-10(2)12(8-9)16-13(17)14(3,15)11-6-7-11/h4-5,8,11H,6-7,15H2,1-3H3,(H,16,17). The first-order valence-electron chi connectivity index (χ1n) is 6.09. The maximum absolute atomic E-state index is 12.1. The summed E-state index contributed by atoms with van der Waals surface area (Å²) in [7, 11) is 0. The van der Waals surface area contributed by atoms with Crippen LogP contribution in [0.3, 0.4) is 0 Å². The largest absolute Gasteiger partial charge is 0.324 e. The van der Waals surface area contributed by atoms with E-state index in [1.54, 1.807) is 0 Å². The van der Waals surface area contributed by atoms with Gasteiger partial charge in [0.25, 0.3) is 0 Å². The summed E-state index contributed by atoms with van der Waals surface area (Å²) in [6.07, 6.45) is 2.13. The topological polar surface area (TPSA) is 55.1 Å². The number of carbonyl (C=O) groups excluding carboxylic acids is 1. The Morgan fingerprint density at radius 1 is 1.41 bits per heavy atom. The Balaban J connectivity index is 2.15. The number of rotatable bonds is 3. The third-order valence-electron chi connectivity index (χ3n) is 3.56. The molecule has 1 aliphatic rings. The fourth-order valence-corrected chi connectivity index (χ4v) is 2.00. The van der Waals surface area contributed by atoms with Crippen LogP contribution in [0.25, 0.3) is 0 Å². The van der Waals surface area contributed by atoms with Gasteiger partial charge in [-0.1, -0.05) is 12.1 Å². The third-order valence-corrected chi connectivity index (χ3v) is 3.56. The van der Waals surface area contributed by atoms with E-state index in [-0.39, 0.29) is 5.91 Å². The van der Waals surface area contributed by atoms with Crippen molar-refractivity contribution >= 4 is 11.6 Å². The molecular formula is C14H20N2O. The van der Waals surface area contributed by atoms with E-state index in [9.17, 15) is 4.79 Å². The van der Waals surface area contributed by atoms with Crippen LogP contribution in [0.15, 0.2) is 18.2 Å². The summed E-state index contributed by atoms with van der Waals surface area (Å²) >= 11 is 0. The van der Waals surface area contributed by atoms with Crippen molar-refractivity contribution in [2.75, 3.05) is 5.32 Å². The minimum absolute atomic E-state index is 0.0753. The Labute approximate surface area is 102 Å². The highest BCUT2D eigenvalue weighted by atomic mass is 16.2. The van der Waals surface area contributed by atoms with Crippen molar-refractivity contribution in [1.29, 1.82) is 0 Å². The molecule has 0 saturated heterocycles. The monoisotopic (exact) mass is 232 g/mol. The van der Waals surface area contributed by atoms with Gasteiger partial charge in [-0.05, 0) is 56.7 Å². The van der Waals surface area contributed by atoms with Gasteiger partial charge in [-0.3, -0.25) is 4.79 Å². The van der Waals surface area contributed by atoms with Crippen molar-refractivity contribution in [2.24, 2.45) is 11.7 Å². The molecule has 2 rings (SSSR count). The Kier molecular flexibility index (Phi) is 2.96. The van der Waals surface area contributed by atoms with Crippen LogP contribution >= 0.6 is 0 Å². The first-order valence-corrected chi connectivity index (χ1v) is 6.09. The van der Waals surface area contributed by atoms with E-state index in [4.69, 9.17) is 5.73 Å². The second kappa shape index (κ2) is 4.15. The Morgan fingerprint density at radius 2 is 2.06 bits per heavy atom. The normalized spacial score (nSPS) is 18.6. The van der Waals surface area contributed by atoms with Gasteiger partial charge in [-0.2, -0.15) is 0 Å². The maximum Gasteiger partial charge on any atom is 0.244 e. The highest BCUT2D eigenvalue weighted by molar-refractivity contribution is 5.98. The number of nitrogens with two attached hydrogens (primary N) is 1. The first kappa shape index (κ1) is 12.1. The molecule has 0 bridgehead atoms. The van der Waals surface area contributed by atoms with Crippen LogP contribution in [-0.2, 0) is 4.79 Å². The fourth-order valence-electron chi connectivity index (χ4n) is 2.00. The summed E-state index contributed by atoms with van der Waals surface area (Å²) in [5.74, 6) is 0.265. The molecule has 1 aliphatic carbocycles. The van der Waals surface area contributed by atoms with Crippen LogP contribution in [0.4, 0.5) is 5.69 Å². The van der Waals surface area contributed by atoms with Crippen molar-refractivity contribution in [3.63, 3.8) is 0 Å². The lowest BCUT2D eigenvalue weighted by Gasteiger charge is -2.23. The molecule has 0 radical (unpaired) electrons. The predicted molar refractivity (Wildman–Crippen MR) is 69.9 cm³/mol. The Bertz CT molecular complexity index is 448. The molecule has 0 aliphatic heterocycles. The van der Waals surface area contributed by atoms with Gasteiger partial charge in [0, 0.05) is 5.69 Å². The van der Waals surface area contributed by atoms with Crippen molar-refractivity contribution in [3.8, 4) is 0 Å². The second-order valence-corrected chi connectivity index (χ2v) is 5.33. The maximum atomic E-state index is 12.1. The summed E-state index contributed by atoms with van der Waals surface area (Å²) < 4.78 is 0. The molecule has 1 fully saturated rings. The minimum Gasteiger partial charge on any atom is -0.324 e. The number of anilines is 1. The molecule has 3 nitrogen and oxygen atoms in total. The number of carbonyl (C=O) groups is 1. The average molecular weight is 232 g/mol. The lowest BCUT2D eigenvalue weighted by Crippen LogP contribution is -2.50. The van der Waals surface area contributed by atoms with Crippen LogP contribution in [-0.4, -0.2) is 11.4 Å². The number of hydrogen-bond acceptors (Lipinski definition) is 2. The van der Waals surface area contributed by atoms with Crippen LogP contribution < -0.4 is 11.1 Å². The first-order chi connectivity index (χ1) is 7.91. The smallest absolute Gasteiger partial charge is 0.244 e. The average Bonchev–Trinajstić information content (AvgIpc) is 3.07. The van der Waals surface area contributed by atoms with Crippen molar-refractivity contribution in [2.45, 2.75) is 39.2 Å². The van der Waals surface area contributed by atoms with E-state index in [1.165, 1.54) is 0 Å². The highest BCUT2D eigenvalue weighted by Crippen LogP contribution is 2.38. The highest BCUT2D eigenvalue weighted by Gasteiger charge is 2.44. The van der Waals surface area contributed by atoms with Crippen LogP contribution in [0.1, 0.15) is 30.9 Å². The molecule has 17 heavy (non-hydrogen) atoms. The van der Waals surface area contributed by atoms with Crippen molar-refractivity contribution < 1.29 is 4.79 Å². The van der Waals surface area contributed by atoms with Gasteiger partial charge in [-0.25, -0.2) is 0 Å². The van der Waals surface area contributed by atoms with Gasteiger partial charge in [0.2, 0.25) is 5.91 Å². The fraction of sp³-hybridized carbons (Fsp3) is 0.500. The number of nitrogens with one attached hydrogen (secondary N) is 1. The van der Waals surface area contributed by atoms with E-state index in [0.717, 1.165) is 29.7 Å².